The Labute approximate surface area is 160 Å². The van der Waals surface area contributed by atoms with Crippen molar-refractivity contribution in [1.82, 2.24) is 20.6 Å². The zero-order valence-electron chi connectivity index (χ0n) is 16.1. The van der Waals surface area contributed by atoms with Gasteiger partial charge in [0.1, 0.15) is 5.82 Å². The first-order valence-corrected chi connectivity index (χ1v) is 9.40. The van der Waals surface area contributed by atoms with E-state index >= 15 is 0 Å². The molecule has 1 fully saturated rings. The van der Waals surface area contributed by atoms with Crippen LogP contribution in [-0.2, 0) is 17.7 Å². The molecule has 3 rings (SSSR count). The van der Waals surface area contributed by atoms with Crippen LogP contribution >= 0.6 is 0 Å². The van der Waals surface area contributed by atoms with Gasteiger partial charge in [-0.05, 0) is 30.7 Å². The monoisotopic (exact) mass is 368 g/mol. The lowest BCUT2D eigenvalue weighted by Crippen LogP contribution is -2.41. The second-order valence-electron chi connectivity index (χ2n) is 6.58. The van der Waals surface area contributed by atoms with Gasteiger partial charge in [-0.3, -0.25) is 9.98 Å². The lowest BCUT2D eigenvalue weighted by Gasteiger charge is -2.32. The average molecular weight is 368 g/mol. The summed E-state index contributed by atoms with van der Waals surface area (Å²) < 4.78 is 5.59. The smallest absolute Gasteiger partial charge is 0.191 e. The number of aromatic nitrogens is 2. The Kier molecular flexibility index (Phi) is 6.98. The van der Waals surface area contributed by atoms with Gasteiger partial charge in [-0.1, -0.05) is 12.1 Å². The van der Waals surface area contributed by atoms with E-state index < -0.39 is 0 Å². The van der Waals surface area contributed by atoms with E-state index in [0.717, 1.165) is 55.7 Å². The summed E-state index contributed by atoms with van der Waals surface area (Å²) in [6.45, 7) is 6.09. The van der Waals surface area contributed by atoms with Gasteiger partial charge < -0.3 is 20.3 Å². The Morgan fingerprint density at radius 2 is 2.19 bits per heavy atom. The molecule has 3 heterocycles. The van der Waals surface area contributed by atoms with E-state index in [-0.39, 0.29) is 6.10 Å². The number of aliphatic imine (C=N–C) groups is 1. The van der Waals surface area contributed by atoms with Crippen molar-refractivity contribution in [3.8, 4) is 0 Å². The highest BCUT2D eigenvalue weighted by atomic mass is 16.5. The van der Waals surface area contributed by atoms with E-state index in [9.17, 15) is 0 Å². The molecule has 1 aliphatic heterocycles. The van der Waals surface area contributed by atoms with E-state index in [0.29, 0.717) is 6.54 Å². The predicted octanol–water partition coefficient (Wildman–Crippen LogP) is 1.61. The molecule has 0 radical (unpaired) electrons. The third-order valence-corrected chi connectivity index (χ3v) is 4.46. The summed E-state index contributed by atoms with van der Waals surface area (Å²) in [6, 6.07) is 10.1. The first kappa shape index (κ1) is 19.1. The molecule has 0 saturated carbocycles. The molecule has 2 aromatic heterocycles. The van der Waals surface area contributed by atoms with Crippen molar-refractivity contribution in [1.29, 1.82) is 0 Å². The van der Waals surface area contributed by atoms with Crippen molar-refractivity contribution in [3.05, 3.63) is 54.0 Å². The van der Waals surface area contributed by atoms with Crippen LogP contribution in [0.5, 0.6) is 0 Å². The summed E-state index contributed by atoms with van der Waals surface area (Å²) in [6.07, 6.45) is 4.85. The van der Waals surface area contributed by atoms with Crippen LogP contribution in [0.4, 0.5) is 5.82 Å². The number of nitrogens with one attached hydrogen (secondary N) is 2. The van der Waals surface area contributed by atoms with Gasteiger partial charge in [0.15, 0.2) is 5.96 Å². The third-order valence-electron chi connectivity index (χ3n) is 4.46. The summed E-state index contributed by atoms with van der Waals surface area (Å²) in [5.41, 5.74) is 2.19. The number of guanidine groups is 1. The van der Waals surface area contributed by atoms with Crippen molar-refractivity contribution in [2.24, 2.45) is 4.99 Å². The van der Waals surface area contributed by atoms with Crippen molar-refractivity contribution in [3.63, 3.8) is 0 Å². The van der Waals surface area contributed by atoms with Crippen LogP contribution in [0.1, 0.15) is 18.2 Å². The number of hydrogen-bond donors (Lipinski definition) is 2. The molecule has 1 atom stereocenters. The Hall–Kier alpha value is -2.67. The number of anilines is 1. The molecule has 0 aliphatic carbocycles. The van der Waals surface area contributed by atoms with Crippen LogP contribution < -0.4 is 15.5 Å². The van der Waals surface area contributed by atoms with Crippen LogP contribution in [0.3, 0.4) is 0 Å². The number of ether oxygens (including phenoxy) is 1. The van der Waals surface area contributed by atoms with Gasteiger partial charge in [-0.15, -0.1) is 0 Å². The maximum atomic E-state index is 5.59. The molecule has 27 heavy (non-hydrogen) atoms. The number of nitrogens with zero attached hydrogens (tertiary/aromatic N) is 4. The standard InChI is InChI=1S/C20H28N6O/c1-16-15-26(11-12-27-16)19-7-6-17(13-24-19)14-25-20(21-2)23-10-8-18-5-3-4-9-22-18/h3-7,9,13,16H,8,10-12,14-15H2,1-2H3,(H2,21,23,25). The predicted molar refractivity (Wildman–Crippen MR) is 108 cm³/mol. The minimum absolute atomic E-state index is 0.252. The molecule has 7 nitrogen and oxygen atoms in total. The lowest BCUT2D eigenvalue weighted by molar-refractivity contribution is 0.0529. The van der Waals surface area contributed by atoms with Crippen LogP contribution in [0.2, 0.25) is 0 Å². The number of pyridine rings is 2. The molecule has 0 aromatic carbocycles. The SMILES string of the molecule is CN=C(NCCc1ccccn1)NCc1ccc(N2CCOC(C)C2)nc1. The normalized spacial score (nSPS) is 17.6. The second-order valence-corrected chi connectivity index (χ2v) is 6.58. The molecule has 0 amide bonds. The highest BCUT2D eigenvalue weighted by Crippen LogP contribution is 2.15. The molecule has 1 unspecified atom stereocenters. The summed E-state index contributed by atoms with van der Waals surface area (Å²) in [5.74, 6) is 1.78. The minimum atomic E-state index is 0.252. The van der Waals surface area contributed by atoms with Gasteiger partial charge in [0.05, 0.1) is 12.7 Å². The molecular weight excluding hydrogens is 340 g/mol. The van der Waals surface area contributed by atoms with E-state index in [4.69, 9.17) is 4.74 Å². The molecule has 1 aliphatic rings. The fourth-order valence-electron chi connectivity index (χ4n) is 3.00. The number of morpholine rings is 1. The van der Waals surface area contributed by atoms with Gasteiger partial charge in [0, 0.05) is 57.7 Å². The van der Waals surface area contributed by atoms with Gasteiger partial charge in [0.25, 0.3) is 0 Å². The lowest BCUT2D eigenvalue weighted by atomic mass is 10.2. The van der Waals surface area contributed by atoms with Crippen LogP contribution in [0.15, 0.2) is 47.7 Å². The van der Waals surface area contributed by atoms with Crippen molar-refractivity contribution in [2.75, 3.05) is 38.2 Å². The summed E-state index contributed by atoms with van der Waals surface area (Å²) in [7, 11) is 1.77. The maximum Gasteiger partial charge on any atom is 0.191 e. The van der Waals surface area contributed by atoms with Crippen LogP contribution in [0, 0.1) is 0 Å². The van der Waals surface area contributed by atoms with Crippen LogP contribution in [0.25, 0.3) is 0 Å². The van der Waals surface area contributed by atoms with Gasteiger partial charge in [-0.25, -0.2) is 4.98 Å². The van der Waals surface area contributed by atoms with Crippen molar-refractivity contribution >= 4 is 11.8 Å². The molecule has 7 heteroatoms. The van der Waals surface area contributed by atoms with Crippen molar-refractivity contribution < 1.29 is 4.74 Å². The second kappa shape index (κ2) is 9.87. The summed E-state index contributed by atoms with van der Waals surface area (Å²) >= 11 is 0. The highest BCUT2D eigenvalue weighted by Gasteiger charge is 2.17. The van der Waals surface area contributed by atoms with Crippen LogP contribution in [-0.4, -0.2) is 55.3 Å². The molecule has 2 N–H and O–H groups in total. The quantitative estimate of drug-likeness (QED) is 0.596. The van der Waals surface area contributed by atoms with E-state index in [1.807, 2.05) is 30.6 Å². The fourth-order valence-corrected chi connectivity index (χ4v) is 3.00. The first-order chi connectivity index (χ1) is 13.2. The molecule has 2 aromatic rings. The molecule has 144 valence electrons. The minimum Gasteiger partial charge on any atom is -0.375 e. The molecule has 0 bridgehead atoms. The zero-order valence-corrected chi connectivity index (χ0v) is 16.1. The third kappa shape index (κ3) is 5.92. The largest absolute Gasteiger partial charge is 0.375 e. The topological polar surface area (TPSA) is 74.7 Å². The first-order valence-electron chi connectivity index (χ1n) is 9.40. The Morgan fingerprint density at radius 3 is 2.89 bits per heavy atom. The van der Waals surface area contributed by atoms with E-state index in [1.54, 1.807) is 7.05 Å². The fraction of sp³-hybridized carbons (Fsp3) is 0.450. The van der Waals surface area contributed by atoms with Gasteiger partial charge in [0.2, 0.25) is 0 Å². The highest BCUT2D eigenvalue weighted by molar-refractivity contribution is 5.79. The summed E-state index contributed by atoms with van der Waals surface area (Å²) in [4.78, 5) is 15.5. The average Bonchev–Trinajstić information content (AvgIpc) is 2.72. The Morgan fingerprint density at radius 1 is 1.26 bits per heavy atom. The van der Waals surface area contributed by atoms with E-state index in [1.165, 1.54) is 0 Å². The van der Waals surface area contributed by atoms with Crippen molar-refractivity contribution in [2.45, 2.75) is 26.0 Å². The van der Waals surface area contributed by atoms with Gasteiger partial charge in [-0.2, -0.15) is 0 Å². The van der Waals surface area contributed by atoms with Gasteiger partial charge >= 0.3 is 0 Å². The Balaban J connectivity index is 1.44. The zero-order chi connectivity index (χ0) is 18.9. The molecule has 0 spiro atoms. The molecular formula is C20H28N6O. The number of rotatable bonds is 6. The summed E-state index contributed by atoms with van der Waals surface area (Å²) in [5, 5.41) is 6.64. The molecule has 1 saturated heterocycles. The Bertz CT molecular complexity index is 719. The maximum absolute atomic E-state index is 5.59. The van der Waals surface area contributed by atoms with E-state index in [2.05, 4.69) is 49.6 Å². The number of hydrogen-bond acceptors (Lipinski definition) is 5.